The normalized spacial score (nSPS) is 18.7. The molecule has 0 saturated carbocycles. The van der Waals surface area contributed by atoms with Crippen molar-refractivity contribution in [2.45, 2.75) is 0 Å². The number of hydrogen-bond donors (Lipinski definition) is 1. The van der Waals surface area contributed by atoms with Crippen molar-refractivity contribution in [3.63, 3.8) is 0 Å². The van der Waals surface area contributed by atoms with E-state index in [0.29, 0.717) is 4.99 Å². The van der Waals surface area contributed by atoms with Crippen LogP contribution in [0.1, 0.15) is 5.56 Å². The average Bonchev–Trinajstić information content (AvgIpc) is 2.47. The summed E-state index contributed by atoms with van der Waals surface area (Å²) in [7, 11) is 0. The fourth-order valence-corrected chi connectivity index (χ4v) is 2.15. The van der Waals surface area contributed by atoms with Gasteiger partial charge in [-0.1, -0.05) is 42.5 Å². The third kappa shape index (κ3) is 2.02. The summed E-state index contributed by atoms with van der Waals surface area (Å²) >= 11 is 6.13. The van der Waals surface area contributed by atoms with Crippen LogP contribution in [-0.4, -0.2) is 10.2 Å². The molecule has 0 aliphatic carbocycles. The van der Waals surface area contributed by atoms with Crippen LogP contribution in [0.3, 0.4) is 0 Å². The molecule has 1 heterocycles. The summed E-state index contributed by atoms with van der Waals surface area (Å²) in [6, 6.07) is 9.79. The van der Waals surface area contributed by atoms with Crippen LogP contribution in [0.15, 0.2) is 35.2 Å². The smallest absolute Gasteiger partial charge is 0.289 e. The van der Waals surface area contributed by atoms with E-state index in [0.717, 1.165) is 22.2 Å². The third-order valence-electron chi connectivity index (χ3n) is 1.74. The number of thiocarbonyl (C=S) groups is 1. The third-order valence-corrected chi connectivity index (χ3v) is 3.02. The van der Waals surface area contributed by atoms with Gasteiger partial charge >= 0.3 is 0 Å². The Morgan fingerprint density at radius 2 is 2.00 bits per heavy atom. The van der Waals surface area contributed by atoms with Crippen LogP contribution in [0.25, 0.3) is 6.08 Å². The molecule has 1 fully saturated rings. The summed E-state index contributed by atoms with van der Waals surface area (Å²) in [6.45, 7) is 0. The summed E-state index contributed by atoms with van der Waals surface area (Å²) in [5, 5.41) is 2.47. The van der Waals surface area contributed by atoms with E-state index in [2.05, 4.69) is 5.32 Å². The monoisotopic (exact) mass is 221 g/mol. The van der Waals surface area contributed by atoms with Gasteiger partial charge < -0.3 is 5.32 Å². The molecule has 1 aromatic rings. The molecule has 1 N–H and O–H groups in total. The number of thioether (sulfide) groups is 1. The molecule has 2 nitrogen and oxygen atoms in total. The Labute approximate surface area is 91.4 Å². The minimum absolute atomic E-state index is 0.0998. The van der Waals surface area contributed by atoms with Crippen LogP contribution in [0.4, 0.5) is 4.79 Å². The first-order chi connectivity index (χ1) is 6.75. The highest BCUT2D eigenvalue weighted by Crippen LogP contribution is 2.26. The highest BCUT2D eigenvalue weighted by Gasteiger charge is 2.21. The van der Waals surface area contributed by atoms with Gasteiger partial charge in [0.2, 0.25) is 0 Å². The Kier molecular flexibility index (Phi) is 2.65. The predicted molar refractivity (Wildman–Crippen MR) is 63.1 cm³/mol. The molecule has 1 amide bonds. The molecule has 0 atom stereocenters. The van der Waals surface area contributed by atoms with E-state index >= 15 is 0 Å². The van der Waals surface area contributed by atoms with Gasteiger partial charge in [-0.3, -0.25) is 4.79 Å². The molecule has 0 aromatic heterocycles. The Morgan fingerprint density at radius 3 is 2.57 bits per heavy atom. The lowest BCUT2D eigenvalue weighted by Crippen LogP contribution is -2.15. The van der Waals surface area contributed by atoms with Gasteiger partial charge in [-0.15, -0.1) is 0 Å². The number of hydrogen-bond acceptors (Lipinski definition) is 3. The quantitative estimate of drug-likeness (QED) is 0.584. The molecule has 0 bridgehead atoms. The van der Waals surface area contributed by atoms with Gasteiger partial charge in [-0.05, 0) is 23.4 Å². The van der Waals surface area contributed by atoms with Gasteiger partial charge in [0, 0.05) is 0 Å². The number of amides is 1. The van der Waals surface area contributed by atoms with Crippen molar-refractivity contribution in [2.75, 3.05) is 0 Å². The largest absolute Gasteiger partial charge is 0.307 e. The number of nitrogens with one attached hydrogen (secondary N) is 1. The van der Waals surface area contributed by atoms with Crippen LogP contribution in [0.2, 0.25) is 0 Å². The summed E-state index contributed by atoms with van der Waals surface area (Å²) in [5.41, 5.74) is 1.05. The maximum Gasteiger partial charge on any atom is 0.289 e. The minimum Gasteiger partial charge on any atom is -0.307 e. The number of carbonyl (C=O) groups is 1. The fourth-order valence-electron chi connectivity index (χ4n) is 1.12. The van der Waals surface area contributed by atoms with Gasteiger partial charge in [0.05, 0.1) is 4.91 Å². The van der Waals surface area contributed by atoms with Crippen molar-refractivity contribution in [2.24, 2.45) is 0 Å². The highest BCUT2D eigenvalue weighted by molar-refractivity contribution is 8.19. The minimum atomic E-state index is -0.0998. The first kappa shape index (κ1) is 9.43. The van der Waals surface area contributed by atoms with Crippen molar-refractivity contribution >= 4 is 40.3 Å². The van der Waals surface area contributed by atoms with Crippen LogP contribution < -0.4 is 5.32 Å². The SMILES string of the molecule is O=C1NC(=S)/C(=C\c2ccccc2)S1. The Hall–Kier alpha value is -1.13. The number of benzene rings is 1. The second-order valence-electron chi connectivity index (χ2n) is 2.76. The molecule has 2 rings (SSSR count). The van der Waals surface area contributed by atoms with Crippen molar-refractivity contribution < 1.29 is 4.79 Å². The number of carbonyl (C=O) groups excluding carboxylic acids is 1. The topological polar surface area (TPSA) is 29.1 Å². The van der Waals surface area contributed by atoms with Crippen LogP contribution in [0.5, 0.6) is 0 Å². The Balaban J connectivity index is 2.28. The fraction of sp³-hybridized carbons (Fsp3) is 0. The van der Waals surface area contributed by atoms with E-state index in [-0.39, 0.29) is 5.24 Å². The van der Waals surface area contributed by atoms with Crippen LogP contribution >= 0.6 is 24.0 Å². The molecule has 1 aromatic carbocycles. The zero-order chi connectivity index (χ0) is 9.97. The zero-order valence-electron chi connectivity index (χ0n) is 7.19. The van der Waals surface area contributed by atoms with E-state index in [4.69, 9.17) is 12.2 Å². The van der Waals surface area contributed by atoms with Crippen LogP contribution in [0, 0.1) is 0 Å². The van der Waals surface area contributed by atoms with Crippen molar-refractivity contribution in [3.05, 3.63) is 40.8 Å². The standard InChI is InChI=1S/C10H7NOS2/c12-10-11-9(13)8(14-10)6-7-4-2-1-3-5-7/h1-6H,(H,11,12,13)/b8-6+. The Bertz CT molecular complexity index is 411. The van der Waals surface area contributed by atoms with Crippen molar-refractivity contribution in [1.29, 1.82) is 0 Å². The molecular weight excluding hydrogens is 214 g/mol. The predicted octanol–water partition coefficient (Wildman–Crippen LogP) is 2.81. The summed E-state index contributed by atoms with van der Waals surface area (Å²) < 4.78 is 0. The molecule has 14 heavy (non-hydrogen) atoms. The molecule has 0 unspecified atom stereocenters. The summed E-state index contributed by atoms with van der Waals surface area (Å²) in [6.07, 6.45) is 1.91. The second-order valence-corrected chi connectivity index (χ2v) is 4.19. The molecule has 1 aliphatic rings. The first-order valence-electron chi connectivity index (χ1n) is 4.05. The number of rotatable bonds is 1. The average molecular weight is 221 g/mol. The Morgan fingerprint density at radius 1 is 1.29 bits per heavy atom. The van der Waals surface area contributed by atoms with E-state index < -0.39 is 0 Å². The summed E-state index contributed by atoms with van der Waals surface area (Å²) in [4.78, 5) is 12.3. The molecule has 70 valence electrons. The molecule has 1 saturated heterocycles. The second kappa shape index (κ2) is 3.94. The van der Waals surface area contributed by atoms with E-state index in [9.17, 15) is 4.79 Å². The molecular formula is C10H7NOS2. The maximum absolute atomic E-state index is 11.0. The van der Waals surface area contributed by atoms with Gasteiger partial charge in [-0.2, -0.15) is 0 Å². The van der Waals surface area contributed by atoms with Gasteiger partial charge in [-0.25, -0.2) is 0 Å². The molecule has 0 spiro atoms. The van der Waals surface area contributed by atoms with Crippen molar-refractivity contribution in [1.82, 2.24) is 5.32 Å². The molecule has 4 heteroatoms. The van der Waals surface area contributed by atoms with Gasteiger partial charge in [0.1, 0.15) is 4.99 Å². The lowest BCUT2D eigenvalue weighted by molar-refractivity contribution is 0.265. The van der Waals surface area contributed by atoms with Gasteiger partial charge in [0.15, 0.2) is 0 Å². The maximum atomic E-state index is 11.0. The van der Waals surface area contributed by atoms with E-state index in [1.807, 2.05) is 36.4 Å². The van der Waals surface area contributed by atoms with E-state index in [1.165, 1.54) is 0 Å². The lowest BCUT2D eigenvalue weighted by atomic mass is 10.2. The molecule has 1 aliphatic heterocycles. The lowest BCUT2D eigenvalue weighted by Gasteiger charge is -1.94. The molecule has 0 radical (unpaired) electrons. The van der Waals surface area contributed by atoms with E-state index in [1.54, 1.807) is 0 Å². The zero-order valence-corrected chi connectivity index (χ0v) is 8.82. The van der Waals surface area contributed by atoms with Crippen LogP contribution in [-0.2, 0) is 0 Å². The summed E-state index contributed by atoms with van der Waals surface area (Å²) in [5.74, 6) is 0. The van der Waals surface area contributed by atoms with Crippen molar-refractivity contribution in [3.8, 4) is 0 Å². The highest BCUT2D eigenvalue weighted by atomic mass is 32.2. The first-order valence-corrected chi connectivity index (χ1v) is 5.28. The van der Waals surface area contributed by atoms with Gasteiger partial charge in [0.25, 0.3) is 5.24 Å².